The fraction of sp³-hybridized carbons (Fsp3) is 0.500. The lowest BCUT2D eigenvalue weighted by Crippen LogP contribution is -2.43. The maximum Gasteiger partial charge on any atom is 0.304 e. The van der Waals surface area contributed by atoms with E-state index >= 15 is 0 Å². The molecule has 1 N–H and O–H groups in total. The van der Waals surface area contributed by atoms with Crippen LogP contribution in [0.25, 0.3) is 0 Å². The first-order chi connectivity index (χ1) is 8.43. The summed E-state index contributed by atoms with van der Waals surface area (Å²) in [6.07, 6.45) is 1.81. The average Bonchev–Trinajstić information content (AvgIpc) is 2.76. The summed E-state index contributed by atoms with van der Waals surface area (Å²) in [4.78, 5) is 0. The number of aromatic hydroxyl groups is 1. The first-order valence-corrected chi connectivity index (χ1v) is 7.37. The average molecular weight is 270 g/mol. The number of nitrogens with zero attached hydrogens (tertiary/aromatic N) is 2. The molecule has 1 heterocycles. The van der Waals surface area contributed by atoms with Crippen LogP contribution < -0.4 is 4.31 Å². The summed E-state index contributed by atoms with van der Waals surface area (Å²) < 4.78 is 27.6. The summed E-state index contributed by atoms with van der Waals surface area (Å²) in [7, 11) is -1.93. The van der Waals surface area contributed by atoms with E-state index in [2.05, 4.69) is 0 Å². The molecule has 1 atom stereocenters. The zero-order valence-corrected chi connectivity index (χ0v) is 11.4. The van der Waals surface area contributed by atoms with Gasteiger partial charge in [-0.2, -0.15) is 12.7 Å². The summed E-state index contributed by atoms with van der Waals surface area (Å²) in [6, 6.07) is 6.19. The molecule has 100 valence electrons. The molecule has 1 saturated heterocycles. The Kier molecular flexibility index (Phi) is 3.49. The monoisotopic (exact) mass is 270 g/mol. The SMILES string of the molecule is C[C@@H]1CCCN1S(=O)(=O)N(C)c1ccc(O)cc1. The molecule has 1 fully saturated rings. The lowest BCUT2D eigenvalue weighted by Gasteiger charge is -2.28. The molecule has 0 amide bonds. The third kappa shape index (κ3) is 2.30. The summed E-state index contributed by atoms with van der Waals surface area (Å²) in [6.45, 7) is 2.50. The van der Waals surface area contributed by atoms with Gasteiger partial charge in [0.2, 0.25) is 0 Å². The highest BCUT2D eigenvalue weighted by molar-refractivity contribution is 7.90. The number of benzene rings is 1. The zero-order valence-electron chi connectivity index (χ0n) is 10.6. The Labute approximate surface area is 108 Å². The topological polar surface area (TPSA) is 60.9 Å². The van der Waals surface area contributed by atoms with E-state index in [0.717, 1.165) is 12.8 Å². The van der Waals surface area contributed by atoms with E-state index in [1.807, 2.05) is 6.92 Å². The van der Waals surface area contributed by atoms with Crippen LogP contribution in [0.15, 0.2) is 24.3 Å². The Hall–Kier alpha value is -1.27. The van der Waals surface area contributed by atoms with E-state index in [4.69, 9.17) is 0 Å². The first-order valence-electron chi connectivity index (χ1n) is 5.97. The van der Waals surface area contributed by atoms with Crippen LogP contribution in [0.2, 0.25) is 0 Å². The number of phenolic OH excluding ortho intramolecular Hbond substituents is 1. The molecule has 1 aliphatic heterocycles. The van der Waals surface area contributed by atoms with Crippen LogP contribution >= 0.6 is 0 Å². The third-order valence-corrected chi connectivity index (χ3v) is 5.39. The second-order valence-corrected chi connectivity index (χ2v) is 6.51. The standard InChI is InChI=1S/C12H18N2O3S/c1-10-4-3-9-14(10)18(16,17)13(2)11-5-7-12(15)8-6-11/h5-8,10,15H,3-4,9H2,1-2H3/t10-/m1/s1. The minimum atomic E-state index is -3.47. The fourth-order valence-electron chi connectivity index (χ4n) is 2.20. The van der Waals surface area contributed by atoms with Crippen molar-refractivity contribution in [2.24, 2.45) is 0 Å². The molecule has 5 nitrogen and oxygen atoms in total. The Morgan fingerprint density at radius 2 is 1.94 bits per heavy atom. The molecule has 0 bridgehead atoms. The van der Waals surface area contributed by atoms with Crippen LogP contribution in [0.3, 0.4) is 0 Å². The molecule has 0 spiro atoms. The second kappa shape index (κ2) is 4.78. The first kappa shape index (κ1) is 13.2. The fourth-order valence-corrected chi connectivity index (χ4v) is 3.83. The predicted molar refractivity (Wildman–Crippen MR) is 70.8 cm³/mol. The van der Waals surface area contributed by atoms with Gasteiger partial charge in [0.15, 0.2) is 0 Å². The van der Waals surface area contributed by atoms with E-state index < -0.39 is 10.2 Å². The van der Waals surface area contributed by atoms with Crippen LogP contribution in [0.1, 0.15) is 19.8 Å². The molecular formula is C12H18N2O3S. The molecule has 0 radical (unpaired) electrons. The highest BCUT2D eigenvalue weighted by atomic mass is 32.2. The predicted octanol–water partition coefficient (Wildman–Crippen LogP) is 1.56. The lowest BCUT2D eigenvalue weighted by atomic mass is 10.3. The molecule has 0 aromatic heterocycles. The van der Waals surface area contributed by atoms with Gasteiger partial charge in [0.25, 0.3) is 0 Å². The van der Waals surface area contributed by atoms with Crippen molar-refractivity contribution in [3.63, 3.8) is 0 Å². The summed E-state index contributed by atoms with van der Waals surface area (Å²) in [5.41, 5.74) is 0.548. The minimum absolute atomic E-state index is 0.0505. The van der Waals surface area contributed by atoms with Crippen molar-refractivity contribution in [1.82, 2.24) is 4.31 Å². The van der Waals surface area contributed by atoms with E-state index in [0.29, 0.717) is 12.2 Å². The number of rotatable bonds is 3. The third-order valence-electron chi connectivity index (χ3n) is 3.35. The van der Waals surface area contributed by atoms with E-state index in [1.54, 1.807) is 12.1 Å². The van der Waals surface area contributed by atoms with Gasteiger partial charge in [-0.05, 0) is 44.0 Å². The lowest BCUT2D eigenvalue weighted by molar-refractivity contribution is 0.407. The quantitative estimate of drug-likeness (QED) is 0.906. The van der Waals surface area contributed by atoms with Crippen molar-refractivity contribution in [3.8, 4) is 5.75 Å². The summed E-state index contributed by atoms with van der Waals surface area (Å²) in [5, 5.41) is 9.22. The van der Waals surface area contributed by atoms with Gasteiger partial charge in [-0.15, -0.1) is 0 Å². The zero-order chi connectivity index (χ0) is 13.3. The van der Waals surface area contributed by atoms with Crippen LogP contribution in [0.4, 0.5) is 5.69 Å². The van der Waals surface area contributed by atoms with Gasteiger partial charge in [0.05, 0.1) is 5.69 Å². The minimum Gasteiger partial charge on any atom is -0.508 e. The van der Waals surface area contributed by atoms with Gasteiger partial charge in [-0.25, -0.2) is 0 Å². The number of hydrogen-bond donors (Lipinski definition) is 1. The van der Waals surface area contributed by atoms with Crippen LogP contribution in [0.5, 0.6) is 5.75 Å². The summed E-state index contributed by atoms with van der Waals surface area (Å²) in [5.74, 6) is 0.124. The van der Waals surface area contributed by atoms with Crippen molar-refractivity contribution in [1.29, 1.82) is 0 Å². The van der Waals surface area contributed by atoms with E-state index in [1.165, 1.54) is 27.8 Å². The Morgan fingerprint density at radius 1 is 1.33 bits per heavy atom. The largest absolute Gasteiger partial charge is 0.508 e. The molecule has 1 aromatic rings. The van der Waals surface area contributed by atoms with Gasteiger partial charge >= 0.3 is 10.2 Å². The van der Waals surface area contributed by atoms with Gasteiger partial charge in [-0.3, -0.25) is 4.31 Å². The molecular weight excluding hydrogens is 252 g/mol. The molecule has 6 heteroatoms. The number of anilines is 1. The maximum atomic E-state index is 12.4. The van der Waals surface area contributed by atoms with Crippen molar-refractivity contribution in [3.05, 3.63) is 24.3 Å². The normalized spacial score (nSPS) is 21.1. The van der Waals surface area contributed by atoms with Gasteiger partial charge in [0, 0.05) is 19.6 Å². The molecule has 2 rings (SSSR count). The molecule has 1 aromatic carbocycles. The second-order valence-electron chi connectivity index (χ2n) is 4.59. The van der Waals surface area contributed by atoms with Crippen LogP contribution in [-0.2, 0) is 10.2 Å². The van der Waals surface area contributed by atoms with E-state index in [9.17, 15) is 13.5 Å². The van der Waals surface area contributed by atoms with Crippen molar-refractivity contribution in [2.45, 2.75) is 25.8 Å². The maximum absolute atomic E-state index is 12.4. The van der Waals surface area contributed by atoms with Crippen molar-refractivity contribution < 1.29 is 13.5 Å². The number of phenols is 1. The number of hydrogen-bond acceptors (Lipinski definition) is 3. The molecule has 18 heavy (non-hydrogen) atoms. The van der Waals surface area contributed by atoms with Crippen molar-refractivity contribution >= 4 is 15.9 Å². The molecule has 1 aliphatic rings. The Morgan fingerprint density at radius 3 is 2.44 bits per heavy atom. The molecule has 0 saturated carbocycles. The van der Waals surface area contributed by atoms with Crippen molar-refractivity contribution in [2.75, 3.05) is 17.9 Å². The van der Waals surface area contributed by atoms with Crippen LogP contribution in [-0.4, -0.2) is 37.5 Å². The highest BCUT2D eigenvalue weighted by Crippen LogP contribution is 2.26. The molecule has 0 aliphatic carbocycles. The van der Waals surface area contributed by atoms with Crippen LogP contribution in [0, 0.1) is 0 Å². The van der Waals surface area contributed by atoms with Gasteiger partial charge < -0.3 is 5.11 Å². The Bertz CT molecular complexity index is 513. The smallest absolute Gasteiger partial charge is 0.304 e. The van der Waals surface area contributed by atoms with Gasteiger partial charge in [0.1, 0.15) is 5.75 Å². The van der Waals surface area contributed by atoms with E-state index in [-0.39, 0.29) is 11.8 Å². The Balaban J connectivity index is 2.27. The molecule has 0 unspecified atom stereocenters. The van der Waals surface area contributed by atoms with Gasteiger partial charge in [-0.1, -0.05) is 0 Å². The highest BCUT2D eigenvalue weighted by Gasteiger charge is 2.34. The summed E-state index contributed by atoms with van der Waals surface area (Å²) >= 11 is 0.